The Hall–Kier alpha value is 0.0139. The van der Waals surface area contributed by atoms with Gasteiger partial charge < -0.3 is 9.30 Å². The molecule has 0 atom stereocenters. The first-order valence-electron chi connectivity index (χ1n) is 4.82. The van der Waals surface area contributed by atoms with E-state index in [0.717, 1.165) is 5.56 Å². The normalized spacial score (nSPS) is 8.53. The van der Waals surface area contributed by atoms with Gasteiger partial charge in [0.15, 0.2) is 5.56 Å². The Labute approximate surface area is 117 Å². The van der Waals surface area contributed by atoms with Crippen LogP contribution in [0.15, 0.2) is 17.1 Å². The van der Waals surface area contributed by atoms with E-state index in [1.54, 1.807) is 23.9 Å². The molecule has 15 heavy (non-hydrogen) atoms. The van der Waals surface area contributed by atoms with Gasteiger partial charge in [-0.1, -0.05) is 27.0 Å². The molecule has 0 aromatic carbocycles. The van der Waals surface area contributed by atoms with Gasteiger partial charge in [0.25, 0.3) is 0 Å². The maximum Gasteiger partial charge on any atom is 0.168 e. The van der Waals surface area contributed by atoms with Gasteiger partial charge in [-0.2, -0.15) is 0 Å². The van der Waals surface area contributed by atoms with Crippen LogP contribution >= 0.6 is 0 Å². The Morgan fingerprint density at radius 3 is 2.53 bits per heavy atom. The van der Waals surface area contributed by atoms with E-state index < -0.39 is 0 Å². The van der Waals surface area contributed by atoms with Crippen molar-refractivity contribution in [3.63, 3.8) is 0 Å². The van der Waals surface area contributed by atoms with Gasteiger partial charge in [-0.25, -0.2) is 11.6 Å². The average Bonchev–Trinajstić information content (AvgIpc) is 2.20. The number of aromatic nitrogens is 1. The number of rotatable bonds is 3. The first kappa shape index (κ1) is 17.4. The molecule has 0 N–H and O–H groups in total. The van der Waals surface area contributed by atoms with Crippen LogP contribution in [-0.4, -0.2) is 18.3 Å². The van der Waals surface area contributed by atoms with Crippen LogP contribution in [0, 0.1) is 13.0 Å². The van der Waals surface area contributed by atoms with E-state index in [9.17, 15) is 4.79 Å². The number of hydrogen-bond acceptors (Lipinski definition) is 2. The van der Waals surface area contributed by atoms with Crippen molar-refractivity contribution in [1.29, 1.82) is 0 Å². The average molecular weight is 285 g/mol. The fourth-order valence-corrected chi connectivity index (χ4v) is 0.918. The molecule has 1 aromatic rings. The van der Waals surface area contributed by atoms with Crippen molar-refractivity contribution >= 4 is 0 Å². The molecule has 0 aliphatic carbocycles. The molecule has 0 aliphatic heterocycles. The summed E-state index contributed by atoms with van der Waals surface area (Å²) in [5.74, 6) is 0. The second-order valence-corrected chi connectivity index (χ2v) is 2.63. The summed E-state index contributed by atoms with van der Waals surface area (Å²) >= 11 is 0. The number of aryl methyl sites for hydroxylation is 1. The summed E-state index contributed by atoms with van der Waals surface area (Å²) in [5, 5.41) is 0. The van der Waals surface area contributed by atoms with Gasteiger partial charge in [0.05, 0.1) is 6.61 Å². The van der Waals surface area contributed by atoms with Crippen molar-refractivity contribution in [2.75, 3.05) is 13.7 Å². The minimum absolute atomic E-state index is 0. The number of ether oxygens (including phenoxy) is 1. The maximum absolute atomic E-state index is 11.2. The summed E-state index contributed by atoms with van der Waals surface area (Å²) in [6, 6.07) is 4.52. The summed E-state index contributed by atoms with van der Waals surface area (Å²) in [6.45, 7) is 6.99. The van der Waals surface area contributed by atoms with Crippen molar-refractivity contribution < 1.29 is 37.4 Å². The van der Waals surface area contributed by atoms with Gasteiger partial charge in [0.2, 0.25) is 0 Å². The van der Waals surface area contributed by atoms with E-state index in [4.69, 9.17) is 4.74 Å². The van der Waals surface area contributed by atoms with Gasteiger partial charge in [0.1, 0.15) is 0 Å². The number of pyridine rings is 1. The van der Waals surface area contributed by atoms with Gasteiger partial charge in [0, 0.05) is 46.4 Å². The fourth-order valence-electron chi connectivity index (χ4n) is 0.918. The van der Waals surface area contributed by atoms with Crippen molar-refractivity contribution in [2.45, 2.75) is 27.3 Å². The summed E-state index contributed by atoms with van der Waals surface area (Å²) in [6.07, 6.45) is 1.66. The quantitative estimate of drug-likeness (QED) is 0.790. The molecule has 0 fully saturated rings. The summed E-state index contributed by atoms with van der Waals surface area (Å²) in [7, 11) is 1.61. The molecule has 0 saturated carbocycles. The van der Waals surface area contributed by atoms with Crippen LogP contribution in [-0.2, 0) is 44.0 Å². The zero-order chi connectivity index (χ0) is 11.0. The molecule has 1 heterocycles. The molecule has 0 bridgehead atoms. The Morgan fingerprint density at radius 2 is 2.07 bits per heavy atom. The van der Waals surface area contributed by atoms with Crippen LogP contribution in [0.4, 0.5) is 0 Å². The molecule has 0 amide bonds. The van der Waals surface area contributed by atoms with Gasteiger partial charge >= 0.3 is 0 Å². The topological polar surface area (TPSA) is 31.2 Å². The summed E-state index contributed by atoms with van der Waals surface area (Å²) in [5.41, 5.74) is 0.872. The van der Waals surface area contributed by atoms with E-state index >= 15 is 0 Å². The van der Waals surface area contributed by atoms with Crippen LogP contribution in [0.25, 0.3) is 0 Å². The molecule has 1 rings (SSSR count). The molecule has 3 nitrogen and oxygen atoms in total. The van der Waals surface area contributed by atoms with Crippen molar-refractivity contribution in [1.82, 2.24) is 4.57 Å². The van der Waals surface area contributed by atoms with E-state index in [2.05, 4.69) is 6.07 Å². The first-order chi connectivity index (χ1) is 6.74. The SMILES string of the molecule is CC.COCCn1c[c-]c(C)cc1=O.[Y]. The number of methoxy groups -OCH3 is 1. The molecule has 4 heteroatoms. The standard InChI is InChI=1S/C9H12NO2.C2H6.Y/c1-8-3-4-10(5-6-12-2)9(11)7-8;1-2;/h4,7H,5-6H2,1-2H3;1-2H3;/q-1;;. The molecule has 0 saturated heterocycles. The third kappa shape index (κ3) is 6.99. The monoisotopic (exact) mass is 285 g/mol. The second-order valence-electron chi connectivity index (χ2n) is 2.63. The van der Waals surface area contributed by atoms with Crippen LogP contribution in [0.3, 0.4) is 0 Å². The van der Waals surface area contributed by atoms with Gasteiger partial charge in [-0.15, -0.1) is 6.07 Å². The molecule has 0 aliphatic rings. The van der Waals surface area contributed by atoms with Gasteiger partial charge in [-0.05, 0) is 0 Å². The second kappa shape index (κ2) is 10.5. The molecule has 0 unspecified atom stereocenters. The van der Waals surface area contributed by atoms with Crippen LogP contribution in [0.1, 0.15) is 19.4 Å². The van der Waals surface area contributed by atoms with Crippen LogP contribution < -0.4 is 5.56 Å². The molecule has 1 aromatic heterocycles. The molecule has 1 radical (unpaired) electrons. The number of nitrogens with zero attached hydrogens (tertiary/aromatic N) is 1. The van der Waals surface area contributed by atoms with Crippen LogP contribution in [0.5, 0.6) is 0 Å². The van der Waals surface area contributed by atoms with Crippen LogP contribution in [0.2, 0.25) is 0 Å². The zero-order valence-corrected chi connectivity index (χ0v) is 12.7. The summed E-state index contributed by atoms with van der Waals surface area (Å²) < 4.78 is 6.44. The van der Waals surface area contributed by atoms with E-state index in [-0.39, 0.29) is 38.3 Å². The van der Waals surface area contributed by atoms with Crippen molar-refractivity contribution in [2.24, 2.45) is 0 Å². The Kier molecular flexibility index (Phi) is 12.2. The maximum atomic E-state index is 11.2. The largest absolute Gasteiger partial charge is 0.383 e. The first-order valence-corrected chi connectivity index (χ1v) is 4.82. The van der Waals surface area contributed by atoms with Crippen molar-refractivity contribution in [3.8, 4) is 0 Å². The fraction of sp³-hybridized carbons (Fsp3) is 0.545. The van der Waals surface area contributed by atoms with E-state index in [0.29, 0.717) is 13.2 Å². The number of hydrogen-bond donors (Lipinski definition) is 0. The van der Waals surface area contributed by atoms with E-state index in [1.165, 1.54) is 0 Å². The minimum Gasteiger partial charge on any atom is -0.383 e. The predicted molar refractivity (Wildman–Crippen MR) is 57.5 cm³/mol. The Morgan fingerprint density at radius 1 is 1.47 bits per heavy atom. The molecular formula is C11H18NO2Y-. The Bertz CT molecular complexity index is 310. The Balaban J connectivity index is 0. The molecule has 0 spiro atoms. The zero-order valence-electron chi connectivity index (χ0n) is 9.91. The molecular weight excluding hydrogens is 267 g/mol. The minimum atomic E-state index is 0. The van der Waals surface area contributed by atoms with Crippen molar-refractivity contribution in [3.05, 3.63) is 34.2 Å². The van der Waals surface area contributed by atoms with Gasteiger partial charge in [-0.3, -0.25) is 4.79 Å². The third-order valence-corrected chi connectivity index (χ3v) is 1.61. The smallest absolute Gasteiger partial charge is 0.168 e. The summed E-state index contributed by atoms with van der Waals surface area (Å²) in [4.78, 5) is 11.2. The predicted octanol–water partition coefficient (Wildman–Crippen LogP) is 1.63. The third-order valence-electron chi connectivity index (χ3n) is 1.61. The van der Waals surface area contributed by atoms with E-state index in [1.807, 2.05) is 20.8 Å². The molecule has 83 valence electrons.